The van der Waals surface area contributed by atoms with Crippen molar-refractivity contribution in [1.29, 1.82) is 5.26 Å². The molecule has 1 fully saturated rings. The van der Waals surface area contributed by atoms with Gasteiger partial charge < -0.3 is 18.9 Å². The quantitative estimate of drug-likeness (QED) is 0.545. The fourth-order valence-electron chi connectivity index (χ4n) is 3.88. The maximum Gasteiger partial charge on any atom is 0.270 e. The van der Waals surface area contributed by atoms with Gasteiger partial charge in [-0.25, -0.2) is 4.98 Å². The third kappa shape index (κ3) is 4.01. The summed E-state index contributed by atoms with van der Waals surface area (Å²) in [5, 5.41) is 10.5. The van der Waals surface area contributed by atoms with E-state index in [2.05, 4.69) is 11.1 Å². The number of methoxy groups -OCH3 is 1. The smallest absolute Gasteiger partial charge is 0.270 e. The predicted octanol–water partition coefficient (Wildman–Crippen LogP) is 4.17. The van der Waals surface area contributed by atoms with Gasteiger partial charge >= 0.3 is 0 Å². The topological polar surface area (TPSA) is 80.4 Å². The Kier molecular flexibility index (Phi) is 5.94. The van der Waals surface area contributed by atoms with Gasteiger partial charge in [0.05, 0.1) is 23.3 Å². The SMILES string of the molecule is COc1cc(OC2CCN(c3c(C#N)c(=O)n(C)c4ccc(Cl)nc34)CC2)ccc1Cl. The molecule has 2 aromatic heterocycles. The van der Waals surface area contributed by atoms with Gasteiger partial charge in [0.25, 0.3) is 5.56 Å². The largest absolute Gasteiger partial charge is 0.495 e. The van der Waals surface area contributed by atoms with Gasteiger partial charge in [-0.15, -0.1) is 0 Å². The summed E-state index contributed by atoms with van der Waals surface area (Å²) in [5.41, 5.74) is 1.45. The molecule has 1 aromatic carbocycles. The first-order valence-corrected chi connectivity index (χ1v) is 10.5. The summed E-state index contributed by atoms with van der Waals surface area (Å²) in [5.74, 6) is 1.25. The Bertz CT molecular complexity index is 1240. The normalized spacial score (nSPS) is 14.5. The number of nitrogens with zero attached hydrogens (tertiary/aromatic N) is 4. The van der Waals surface area contributed by atoms with Gasteiger partial charge in [0.15, 0.2) is 0 Å². The van der Waals surface area contributed by atoms with E-state index in [1.165, 1.54) is 4.57 Å². The van der Waals surface area contributed by atoms with Crippen LogP contribution in [0.1, 0.15) is 18.4 Å². The Morgan fingerprint density at radius 2 is 1.94 bits per heavy atom. The first-order valence-electron chi connectivity index (χ1n) is 9.77. The number of rotatable bonds is 4. The van der Waals surface area contributed by atoms with Crippen LogP contribution in [-0.2, 0) is 7.05 Å². The molecular weight excluding hydrogens is 439 g/mol. The predicted molar refractivity (Wildman–Crippen MR) is 121 cm³/mol. The number of halogens is 2. The average molecular weight is 459 g/mol. The summed E-state index contributed by atoms with van der Waals surface area (Å²) in [7, 11) is 3.19. The lowest BCUT2D eigenvalue weighted by molar-refractivity contribution is 0.170. The van der Waals surface area contributed by atoms with Crippen molar-refractivity contribution >= 4 is 39.9 Å². The molecule has 0 saturated carbocycles. The van der Waals surface area contributed by atoms with Crippen LogP contribution >= 0.6 is 23.2 Å². The van der Waals surface area contributed by atoms with E-state index in [1.54, 1.807) is 38.4 Å². The van der Waals surface area contributed by atoms with E-state index in [-0.39, 0.29) is 17.2 Å². The van der Waals surface area contributed by atoms with E-state index < -0.39 is 0 Å². The molecule has 0 atom stereocenters. The monoisotopic (exact) mass is 458 g/mol. The summed E-state index contributed by atoms with van der Waals surface area (Å²) in [4.78, 5) is 19.2. The summed E-state index contributed by atoms with van der Waals surface area (Å²) >= 11 is 12.2. The zero-order chi connectivity index (χ0) is 22.1. The molecule has 3 aromatic rings. The molecule has 0 radical (unpaired) electrons. The number of fused-ring (bicyclic) bond motifs is 1. The van der Waals surface area contributed by atoms with Crippen LogP contribution in [0.25, 0.3) is 11.0 Å². The lowest BCUT2D eigenvalue weighted by atomic mass is 10.0. The van der Waals surface area contributed by atoms with Crippen LogP contribution in [0.5, 0.6) is 11.5 Å². The maximum absolute atomic E-state index is 12.8. The van der Waals surface area contributed by atoms with E-state index in [0.717, 1.165) is 0 Å². The second-order valence-electron chi connectivity index (χ2n) is 7.30. The van der Waals surface area contributed by atoms with Gasteiger partial charge in [-0.05, 0) is 24.3 Å². The first kappa shape index (κ1) is 21.3. The molecule has 0 N–H and O–H groups in total. The van der Waals surface area contributed by atoms with Crippen molar-refractivity contribution in [3.8, 4) is 17.6 Å². The first-order chi connectivity index (χ1) is 14.9. The molecule has 0 amide bonds. The molecule has 1 aliphatic heterocycles. The molecule has 0 unspecified atom stereocenters. The summed E-state index contributed by atoms with van der Waals surface area (Å²) < 4.78 is 12.8. The van der Waals surface area contributed by atoms with Crippen molar-refractivity contribution in [3.05, 3.63) is 56.4 Å². The summed E-state index contributed by atoms with van der Waals surface area (Å²) in [6.07, 6.45) is 1.42. The molecular formula is C22H20Cl2N4O3. The van der Waals surface area contributed by atoms with Crippen LogP contribution < -0.4 is 19.9 Å². The van der Waals surface area contributed by atoms with E-state index in [0.29, 0.717) is 64.3 Å². The van der Waals surface area contributed by atoms with Crippen molar-refractivity contribution < 1.29 is 9.47 Å². The lowest BCUT2D eigenvalue weighted by Crippen LogP contribution is -2.40. The van der Waals surface area contributed by atoms with Crippen molar-refractivity contribution in [1.82, 2.24) is 9.55 Å². The molecule has 1 saturated heterocycles. The molecule has 0 aliphatic carbocycles. The fraction of sp³-hybridized carbons (Fsp3) is 0.318. The minimum Gasteiger partial charge on any atom is -0.495 e. The Labute approximate surface area is 189 Å². The maximum atomic E-state index is 12.8. The van der Waals surface area contributed by atoms with Crippen molar-refractivity contribution in [3.63, 3.8) is 0 Å². The molecule has 4 rings (SSSR count). The van der Waals surface area contributed by atoms with Gasteiger partial charge in [0.1, 0.15) is 39.9 Å². The standard InChI is InChI=1S/C22H20Cl2N4O3/c1-27-17-5-6-19(24)26-20(17)21(15(12-25)22(27)29)28-9-7-13(8-10-28)31-14-3-4-16(23)18(11-14)30-2/h3-6,11,13H,7-10H2,1-2H3. The van der Waals surface area contributed by atoms with E-state index in [4.69, 9.17) is 32.7 Å². The molecule has 9 heteroatoms. The molecule has 1 aliphatic rings. The summed E-state index contributed by atoms with van der Waals surface area (Å²) in [6, 6.07) is 10.8. The number of ether oxygens (including phenoxy) is 2. The number of piperidine rings is 1. The van der Waals surface area contributed by atoms with Crippen molar-refractivity contribution in [2.45, 2.75) is 18.9 Å². The third-order valence-electron chi connectivity index (χ3n) is 5.48. The molecule has 3 heterocycles. The fourth-order valence-corrected chi connectivity index (χ4v) is 4.22. The van der Waals surface area contributed by atoms with Crippen LogP contribution in [0.2, 0.25) is 10.2 Å². The Balaban J connectivity index is 1.61. The van der Waals surface area contributed by atoms with Gasteiger partial charge in [0, 0.05) is 39.0 Å². The van der Waals surface area contributed by atoms with Crippen molar-refractivity contribution in [2.75, 3.05) is 25.1 Å². The number of aromatic nitrogens is 2. The second kappa shape index (κ2) is 8.66. The number of nitriles is 1. The molecule has 0 spiro atoms. The summed E-state index contributed by atoms with van der Waals surface area (Å²) in [6.45, 7) is 1.22. The minimum atomic E-state index is -0.347. The molecule has 160 valence electrons. The minimum absolute atomic E-state index is 0.0120. The van der Waals surface area contributed by atoms with Crippen LogP contribution in [0.4, 0.5) is 5.69 Å². The van der Waals surface area contributed by atoms with Crippen LogP contribution in [0.15, 0.2) is 35.1 Å². The molecule has 7 nitrogen and oxygen atoms in total. The van der Waals surface area contributed by atoms with Crippen LogP contribution in [-0.4, -0.2) is 35.9 Å². The highest BCUT2D eigenvalue weighted by molar-refractivity contribution is 6.32. The van der Waals surface area contributed by atoms with Crippen LogP contribution in [0.3, 0.4) is 0 Å². The van der Waals surface area contributed by atoms with Crippen LogP contribution in [0, 0.1) is 11.3 Å². The van der Waals surface area contributed by atoms with Crippen molar-refractivity contribution in [2.24, 2.45) is 7.05 Å². The van der Waals surface area contributed by atoms with E-state index in [1.807, 2.05) is 11.0 Å². The Morgan fingerprint density at radius 1 is 1.19 bits per heavy atom. The number of hydrogen-bond acceptors (Lipinski definition) is 6. The highest BCUT2D eigenvalue weighted by atomic mass is 35.5. The zero-order valence-electron chi connectivity index (χ0n) is 17.1. The number of pyridine rings is 2. The molecule has 0 bridgehead atoms. The number of hydrogen-bond donors (Lipinski definition) is 0. The third-order valence-corrected chi connectivity index (χ3v) is 6.00. The van der Waals surface area contributed by atoms with Gasteiger partial charge in [-0.1, -0.05) is 23.2 Å². The van der Waals surface area contributed by atoms with Gasteiger partial charge in [-0.3, -0.25) is 4.79 Å². The zero-order valence-corrected chi connectivity index (χ0v) is 18.6. The average Bonchev–Trinajstić information content (AvgIpc) is 2.78. The number of anilines is 1. The van der Waals surface area contributed by atoms with E-state index >= 15 is 0 Å². The Hall–Kier alpha value is -2.95. The van der Waals surface area contributed by atoms with Gasteiger partial charge in [-0.2, -0.15) is 5.26 Å². The van der Waals surface area contributed by atoms with Gasteiger partial charge in [0.2, 0.25) is 0 Å². The number of aryl methyl sites for hydroxylation is 1. The van der Waals surface area contributed by atoms with E-state index in [9.17, 15) is 10.1 Å². The number of benzene rings is 1. The molecule has 31 heavy (non-hydrogen) atoms. The second-order valence-corrected chi connectivity index (χ2v) is 8.10. The Morgan fingerprint density at radius 3 is 2.61 bits per heavy atom. The lowest BCUT2D eigenvalue weighted by Gasteiger charge is -2.34. The highest BCUT2D eigenvalue weighted by Crippen LogP contribution is 2.33. The highest BCUT2D eigenvalue weighted by Gasteiger charge is 2.27.